The Bertz CT molecular complexity index is 1150. The van der Waals surface area contributed by atoms with Crippen LogP contribution in [-0.2, 0) is 5.75 Å². The van der Waals surface area contributed by atoms with E-state index in [1.807, 2.05) is 6.07 Å². The summed E-state index contributed by atoms with van der Waals surface area (Å²) in [5.41, 5.74) is 1.51. The van der Waals surface area contributed by atoms with Crippen LogP contribution in [0.5, 0.6) is 5.75 Å². The van der Waals surface area contributed by atoms with Gasteiger partial charge in [-0.2, -0.15) is 0 Å². The minimum atomic E-state index is -0.276. The maximum absolute atomic E-state index is 13.3. The Morgan fingerprint density at radius 2 is 1.93 bits per heavy atom. The van der Waals surface area contributed by atoms with Gasteiger partial charge in [-0.25, -0.2) is 4.39 Å². The molecule has 4 aromatic rings. The number of thioether (sulfide) groups is 1. The minimum Gasteiger partial charge on any atom is -0.497 e. The van der Waals surface area contributed by atoms with E-state index in [4.69, 9.17) is 4.74 Å². The van der Waals surface area contributed by atoms with Gasteiger partial charge in [-0.1, -0.05) is 23.9 Å². The zero-order valence-corrected chi connectivity index (χ0v) is 15.2. The molecular formula is C19H15FN4O2S. The Morgan fingerprint density at radius 3 is 2.67 bits per heavy atom. The van der Waals surface area contributed by atoms with Crippen molar-refractivity contribution in [2.75, 3.05) is 7.11 Å². The number of hydrogen-bond donors (Lipinski definition) is 0. The van der Waals surface area contributed by atoms with Gasteiger partial charge in [0.2, 0.25) is 5.65 Å². The van der Waals surface area contributed by atoms with Crippen molar-refractivity contribution in [3.8, 4) is 11.4 Å². The molecule has 0 aliphatic heterocycles. The Morgan fingerprint density at radius 1 is 1.11 bits per heavy atom. The minimum absolute atomic E-state index is 0.232. The summed E-state index contributed by atoms with van der Waals surface area (Å²) < 4.78 is 21.6. The lowest BCUT2D eigenvalue weighted by molar-refractivity contribution is 0.414. The van der Waals surface area contributed by atoms with Crippen LogP contribution in [0, 0.1) is 5.82 Å². The molecule has 0 fully saturated rings. The normalized spacial score (nSPS) is 11.0. The first-order valence-electron chi connectivity index (χ1n) is 8.14. The summed E-state index contributed by atoms with van der Waals surface area (Å²) in [6.45, 7) is 0. The van der Waals surface area contributed by atoms with Crippen molar-refractivity contribution in [3.05, 3.63) is 82.7 Å². The summed E-state index contributed by atoms with van der Waals surface area (Å²) in [5.74, 6) is 0.966. The maximum Gasteiger partial charge on any atom is 0.300 e. The molecule has 0 radical (unpaired) electrons. The molecule has 27 heavy (non-hydrogen) atoms. The van der Waals surface area contributed by atoms with Crippen molar-refractivity contribution >= 4 is 17.4 Å². The van der Waals surface area contributed by atoms with Gasteiger partial charge in [0.05, 0.1) is 7.11 Å². The number of benzene rings is 2. The third kappa shape index (κ3) is 3.43. The standard InChI is InChI=1S/C19H15FN4O2S/c1-26-16-7-5-15(6-8-16)23-9-10-24-17(18(23)25)21-22-19(24)27-12-13-3-2-4-14(20)11-13/h2-11H,12H2,1H3. The summed E-state index contributed by atoms with van der Waals surface area (Å²) in [6.07, 6.45) is 3.42. The predicted molar refractivity (Wildman–Crippen MR) is 101 cm³/mol. The third-order valence-electron chi connectivity index (χ3n) is 4.05. The summed E-state index contributed by atoms with van der Waals surface area (Å²) >= 11 is 1.39. The fourth-order valence-electron chi connectivity index (χ4n) is 2.69. The number of hydrogen-bond acceptors (Lipinski definition) is 5. The van der Waals surface area contributed by atoms with Gasteiger partial charge in [-0.05, 0) is 42.0 Å². The highest BCUT2D eigenvalue weighted by molar-refractivity contribution is 7.98. The van der Waals surface area contributed by atoms with Gasteiger partial charge in [0, 0.05) is 23.8 Å². The molecular weight excluding hydrogens is 367 g/mol. The van der Waals surface area contributed by atoms with Crippen LogP contribution in [0.15, 0.2) is 70.9 Å². The van der Waals surface area contributed by atoms with Gasteiger partial charge in [-0.15, -0.1) is 10.2 Å². The van der Waals surface area contributed by atoms with Crippen molar-refractivity contribution in [1.82, 2.24) is 19.2 Å². The van der Waals surface area contributed by atoms with E-state index in [1.54, 1.807) is 54.2 Å². The van der Waals surface area contributed by atoms with Gasteiger partial charge >= 0.3 is 5.56 Å². The lowest BCUT2D eigenvalue weighted by Crippen LogP contribution is -2.20. The van der Waals surface area contributed by atoms with Crippen LogP contribution in [0.2, 0.25) is 0 Å². The molecule has 0 atom stereocenters. The van der Waals surface area contributed by atoms with Gasteiger partial charge in [0.25, 0.3) is 0 Å². The Kier molecular flexibility index (Phi) is 4.64. The molecule has 0 bridgehead atoms. The second-order valence-corrected chi connectivity index (χ2v) is 6.71. The Hall–Kier alpha value is -3.13. The Balaban J connectivity index is 1.64. The fourth-order valence-corrected chi connectivity index (χ4v) is 3.55. The lowest BCUT2D eigenvalue weighted by Gasteiger charge is -2.07. The van der Waals surface area contributed by atoms with Crippen molar-refractivity contribution in [3.63, 3.8) is 0 Å². The molecule has 6 nitrogen and oxygen atoms in total. The topological polar surface area (TPSA) is 61.4 Å². The molecule has 0 aliphatic rings. The first kappa shape index (κ1) is 17.3. The van der Waals surface area contributed by atoms with Crippen LogP contribution in [-0.4, -0.2) is 26.3 Å². The molecule has 0 spiro atoms. The zero-order chi connectivity index (χ0) is 18.8. The van der Waals surface area contributed by atoms with Crippen molar-refractivity contribution in [1.29, 1.82) is 0 Å². The van der Waals surface area contributed by atoms with Gasteiger partial charge in [0.15, 0.2) is 5.16 Å². The highest BCUT2D eigenvalue weighted by Gasteiger charge is 2.12. The molecule has 2 aromatic heterocycles. The molecule has 0 amide bonds. The summed E-state index contributed by atoms with van der Waals surface area (Å²) in [5, 5.41) is 8.71. The number of fused-ring (bicyclic) bond motifs is 1. The van der Waals surface area contributed by atoms with Gasteiger partial charge in [-0.3, -0.25) is 13.8 Å². The molecule has 2 aromatic carbocycles. The van der Waals surface area contributed by atoms with Crippen LogP contribution in [0.25, 0.3) is 11.3 Å². The maximum atomic E-state index is 13.3. The molecule has 8 heteroatoms. The number of nitrogens with zero attached hydrogens (tertiary/aromatic N) is 4. The second kappa shape index (κ2) is 7.24. The molecule has 0 saturated carbocycles. The number of aromatic nitrogens is 4. The van der Waals surface area contributed by atoms with Crippen molar-refractivity contribution < 1.29 is 9.13 Å². The number of rotatable bonds is 5. The van der Waals surface area contributed by atoms with Crippen LogP contribution < -0.4 is 10.3 Å². The average Bonchev–Trinajstić information content (AvgIpc) is 3.11. The van der Waals surface area contributed by atoms with E-state index in [9.17, 15) is 9.18 Å². The quantitative estimate of drug-likeness (QED) is 0.496. The lowest BCUT2D eigenvalue weighted by atomic mass is 10.2. The van der Waals surface area contributed by atoms with E-state index in [-0.39, 0.29) is 17.0 Å². The van der Waals surface area contributed by atoms with E-state index < -0.39 is 0 Å². The molecule has 0 unspecified atom stereocenters. The molecule has 0 aliphatic carbocycles. The Labute approximate surface area is 158 Å². The largest absolute Gasteiger partial charge is 0.497 e. The summed E-state index contributed by atoms with van der Waals surface area (Å²) in [6, 6.07) is 13.6. The molecule has 136 valence electrons. The summed E-state index contributed by atoms with van der Waals surface area (Å²) in [4.78, 5) is 12.8. The first-order valence-corrected chi connectivity index (χ1v) is 9.12. The van der Waals surface area contributed by atoms with Crippen molar-refractivity contribution in [2.24, 2.45) is 0 Å². The second-order valence-electron chi connectivity index (χ2n) is 5.77. The number of ether oxygens (including phenoxy) is 1. The van der Waals surface area contributed by atoms with E-state index in [2.05, 4.69) is 10.2 Å². The van der Waals surface area contributed by atoms with Crippen molar-refractivity contribution in [2.45, 2.75) is 10.9 Å². The van der Waals surface area contributed by atoms with E-state index in [0.717, 1.165) is 5.56 Å². The van der Waals surface area contributed by atoms with Gasteiger partial charge in [0.1, 0.15) is 11.6 Å². The molecule has 4 rings (SSSR count). The fraction of sp³-hybridized carbons (Fsp3) is 0.105. The van der Waals surface area contributed by atoms with E-state index in [0.29, 0.717) is 22.3 Å². The summed E-state index contributed by atoms with van der Waals surface area (Å²) in [7, 11) is 1.59. The SMILES string of the molecule is COc1ccc(-n2ccn3c(SCc4cccc(F)c4)nnc3c2=O)cc1. The van der Waals surface area contributed by atoms with Crippen LogP contribution in [0.1, 0.15) is 5.56 Å². The average molecular weight is 382 g/mol. The van der Waals surface area contributed by atoms with Crippen LogP contribution >= 0.6 is 11.8 Å². The highest BCUT2D eigenvalue weighted by Crippen LogP contribution is 2.21. The number of methoxy groups -OCH3 is 1. The monoisotopic (exact) mass is 382 g/mol. The predicted octanol–water partition coefficient (Wildman–Crippen LogP) is 3.32. The molecule has 0 saturated heterocycles. The smallest absolute Gasteiger partial charge is 0.300 e. The number of halogens is 1. The first-order chi connectivity index (χ1) is 13.2. The molecule has 0 N–H and O–H groups in total. The van der Waals surface area contributed by atoms with Crippen LogP contribution in [0.4, 0.5) is 4.39 Å². The van der Waals surface area contributed by atoms with E-state index in [1.165, 1.54) is 28.5 Å². The van der Waals surface area contributed by atoms with E-state index >= 15 is 0 Å². The third-order valence-corrected chi connectivity index (χ3v) is 5.06. The van der Waals surface area contributed by atoms with Gasteiger partial charge < -0.3 is 4.74 Å². The van der Waals surface area contributed by atoms with Crippen LogP contribution in [0.3, 0.4) is 0 Å². The highest BCUT2D eigenvalue weighted by atomic mass is 32.2. The zero-order valence-electron chi connectivity index (χ0n) is 14.4. The molecule has 2 heterocycles.